The molecule has 1 rings (SSSR count). The molecule has 2 heteroatoms. The first-order valence-corrected chi connectivity index (χ1v) is 7.29. The van der Waals surface area contributed by atoms with Crippen LogP contribution in [-0.2, 0) is 0 Å². The zero-order valence-corrected chi connectivity index (χ0v) is 11.9. The number of hydrogen-bond acceptors (Lipinski definition) is 2. The maximum Gasteiger partial charge on any atom is 0.0672 e. The minimum atomic E-state index is 0.256. The zero-order valence-electron chi connectivity index (χ0n) is 11.9. The molecule has 0 aliphatic heterocycles. The quantitative estimate of drug-likeness (QED) is 0.725. The maximum absolute atomic E-state index is 9.34. The van der Waals surface area contributed by atoms with Crippen LogP contribution in [-0.4, -0.2) is 23.5 Å². The minimum Gasteiger partial charge on any atom is -0.297 e. The average Bonchev–Trinajstić information content (AvgIpc) is 2.34. The van der Waals surface area contributed by atoms with Gasteiger partial charge in [0.1, 0.15) is 0 Å². The van der Waals surface area contributed by atoms with Crippen LogP contribution in [0.2, 0.25) is 0 Å². The molecule has 0 heterocycles. The van der Waals surface area contributed by atoms with Gasteiger partial charge in [0.2, 0.25) is 0 Å². The summed E-state index contributed by atoms with van der Waals surface area (Å²) in [7, 11) is 0. The van der Waals surface area contributed by atoms with E-state index in [-0.39, 0.29) is 5.92 Å². The first-order valence-electron chi connectivity index (χ1n) is 7.29. The smallest absolute Gasteiger partial charge is 0.0672 e. The molecule has 0 amide bonds. The van der Waals surface area contributed by atoms with Crippen molar-refractivity contribution in [3.8, 4) is 6.07 Å². The SMILES string of the molecule is CCCN(C(C)C)C1CC(CC)CCC1C#N. The Morgan fingerprint density at radius 2 is 2.00 bits per heavy atom. The molecular weight excluding hydrogens is 208 g/mol. The highest BCUT2D eigenvalue weighted by Gasteiger charge is 2.34. The van der Waals surface area contributed by atoms with Crippen molar-refractivity contribution in [2.45, 2.75) is 71.9 Å². The molecule has 1 aliphatic carbocycles. The van der Waals surface area contributed by atoms with Gasteiger partial charge in [-0.3, -0.25) is 4.90 Å². The zero-order chi connectivity index (χ0) is 12.8. The highest BCUT2D eigenvalue weighted by molar-refractivity contribution is 4.98. The summed E-state index contributed by atoms with van der Waals surface area (Å²) in [5.74, 6) is 1.09. The lowest BCUT2D eigenvalue weighted by Gasteiger charge is -2.42. The second kappa shape index (κ2) is 7.01. The normalized spacial score (nSPS) is 29.6. The fraction of sp³-hybridized carbons (Fsp3) is 0.933. The highest BCUT2D eigenvalue weighted by atomic mass is 15.2. The molecule has 0 aromatic rings. The van der Waals surface area contributed by atoms with Crippen LogP contribution in [0.15, 0.2) is 0 Å². The van der Waals surface area contributed by atoms with E-state index < -0.39 is 0 Å². The van der Waals surface area contributed by atoms with Crippen molar-refractivity contribution in [1.29, 1.82) is 5.26 Å². The van der Waals surface area contributed by atoms with Gasteiger partial charge in [-0.2, -0.15) is 5.26 Å². The van der Waals surface area contributed by atoms with E-state index in [2.05, 4.69) is 38.7 Å². The summed E-state index contributed by atoms with van der Waals surface area (Å²) < 4.78 is 0. The molecule has 2 nitrogen and oxygen atoms in total. The number of rotatable bonds is 5. The van der Waals surface area contributed by atoms with Gasteiger partial charge in [0.25, 0.3) is 0 Å². The Labute approximate surface area is 107 Å². The fourth-order valence-corrected chi connectivity index (χ4v) is 3.18. The van der Waals surface area contributed by atoms with E-state index >= 15 is 0 Å². The third-order valence-electron chi connectivity index (χ3n) is 4.24. The summed E-state index contributed by atoms with van der Waals surface area (Å²) in [5.41, 5.74) is 0. The lowest BCUT2D eigenvalue weighted by Crippen LogP contribution is -2.47. The number of nitriles is 1. The summed E-state index contributed by atoms with van der Waals surface area (Å²) in [4.78, 5) is 2.57. The molecule has 0 N–H and O–H groups in total. The van der Waals surface area contributed by atoms with Gasteiger partial charge in [0, 0.05) is 12.1 Å². The lowest BCUT2D eigenvalue weighted by molar-refractivity contribution is 0.0732. The Bertz CT molecular complexity index is 254. The van der Waals surface area contributed by atoms with Crippen molar-refractivity contribution < 1.29 is 0 Å². The molecule has 1 fully saturated rings. The van der Waals surface area contributed by atoms with E-state index in [9.17, 15) is 5.26 Å². The molecule has 98 valence electrons. The third-order valence-corrected chi connectivity index (χ3v) is 4.24. The second-order valence-corrected chi connectivity index (χ2v) is 5.72. The van der Waals surface area contributed by atoms with Gasteiger partial charge in [-0.15, -0.1) is 0 Å². The van der Waals surface area contributed by atoms with E-state index in [0.717, 1.165) is 18.9 Å². The molecule has 1 saturated carbocycles. The van der Waals surface area contributed by atoms with E-state index in [4.69, 9.17) is 0 Å². The topological polar surface area (TPSA) is 27.0 Å². The van der Waals surface area contributed by atoms with Crippen molar-refractivity contribution in [3.63, 3.8) is 0 Å². The number of nitrogens with zero attached hydrogens (tertiary/aromatic N) is 2. The molecule has 0 spiro atoms. The van der Waals surface area contributed by atoms with Crippen LogP contribution in [0.5, 0.6) is 0 Å². The summed E-state index contributed by atoms with van der Waals surface area (Å²) in [5, 5.41) is 9.34. The molecule has 0 aromatic heterocycles. The van der Waals surface area contributed by atoms with Gasteiger partial charge in [0.15, 0.2) is 0 Å². The highest BCUT2D eigenvalue weighted by Crippen LogP contribution is 2.34. The molecule has 3 atom stereocenters. The van der Waals surface area contributed by atoms with Gasteiger partial charge < -0.3 is 0 Å². The van der Waals surface area contributed by atoms with Crippen LogP contribution in [0, 0.1) is 23.2 Å². The maximum atomic E-state index is 9.34. The Morgan fingerprint density at radius 1 is 1.29 bits per heavy atom. The van der Waals surface area contributed by atoms with Crippen molar-refractivity contribution in [1.82, 2.24) is 4.90 Å². The predicted octanol–water partition coefficient (Wildman–Crippen LogP) is 3.83. The van der Waals surface area contributed by atoms with Crippen LogP contribution in [0.4, 0.5) is 0 Å². The average molecular weight is 236 g/mol. The third kappa shape index (κ3) is 3.71. The summed E-state index contributed by atoms with van der Waals surface area (Å²) in [6.45, 7) is 10.2. The molecule has 0 bridgehead atoms. The Kier molecular flexibility index (Phi) is 5.98. The Hall–Kier alpha value is -0.550. The first kappa shape index (κ1) is 14.5. The van der Waals surface area contributed by atoms with E-state index in [1.165, 1.54) is 25.7 Å². The standard InChI is InChI=1S/C15H28N2/c1-5-9-17(12(3)4)15-10-13(6-2)7-8-14(15)11-16/h12-15H,5-10H2,1-4H3. The van der Waals surface area contributed by atoms with E-state index in [1.54, 1.807) is 0 Å². The molecule has 0 aromatic carbocycles. The minimum absolute atomic E-state index is 0.256. The van der Waals surface area contributed by atoms with Gasteiger partial charge in [-0.25, -0.2) is 0 Å². The lowest BCUT2D eigenvalue weighted by atomic mass is 9.76. The summed E-state index contributed by atoms with van der Waals surface area (Å²) in [6.07, 6.45) is 6.04. The number of hydrogen-bond donors (Lipinski definition) is 0. The molecular formula is C15H28N2. The van der Waals surface area contributed by atoms with Crippen LogP contribution in [0.3, 0.4) is 0 Å². The van der Waals surface area contributed by atoms with E-state index in [1.807, 2.05) is 0 Å². The van der Waals surface area contributed by atoms with Crippen molar-refractivity contribution in [3.05, 3.63) is 0 Å². The fourth-order valence-electron chi connectivity index (χ4n) is 3.18. The van der Waals surface area contributed by atoms with E-state index in [0.29, 0.717) is 12.1 Å². The Morgan fingerprint density at radius 3 is 2.47 bits per heavy atom. The van der Waals surface area contributed by atoms with Crippen LogP contribution in [0.1, 0.15) is 59.8 Å². The monoisotopic (exact) mass is 236 g/mol. The van der Waals surface area contributed by atoms with Crippen molar-refractivity contribution in [2.75, 3.05) is 6.54 Å². The first-order chi connectivity index (χ1) is 8.13. The van der Waals surface area contributed by atoms with Crippen molar-refractivity contribution >= 4 is 0 Å². The van der Waals surface area contributed by atoms with Gasteiger partial charge in [-0.1, -0.05) is 20.3 Å². The summed E-state index contributed by atoms with van der Waals surface area (Å²) >= 11 is 0. The molecule has 0 saturated heterocycles. The molecule has 17 heavy (non-hydrogen) atoms. The van der Waals surface area contributed by atoms with Crippen LogP contribution < -0.4 is 0 Å². The van der Waals surface area contributed by atoms with Gasteiger partial charge in [-0.05, 0) is 52.0 Å². The summed E-state index contributed by atoms with van der Waals surface area (Å²) in [6, 6.07) is 3.61. The van der Waals surface area contributed by atoms with Crippen molar-refractivity contribution in [2.24, 2.45) is 11.8 Å². The molecule has 1 aliphatic rings. The Balaban J connectivity index is 2.76. The van der Waals surface area contributed by atoms with Crippen LogP contribution >= 0.6 is 0 Å². The van der Waals surface area contributed by atoms with Gasteiger partial charge >= 0.3 is 0 Å². The van der Waals surface area contributed by atoms with Gasteiger partial charge in [0.05, 0.1) is 12.0 Å². The molecule has 3 unspecified atom stereocenters. The predicted molar refractivity (Wildman–Crippen MR) is 72.7 cm³/mol. The second-order valence-electron chi connectivity index (χ2n) is 5.72. The van der Waals surface area contributed by atoms with Crippen LogP contribution in [0.25, 0.3) is 0 Å². The largest absolute Gasteiger partial charge is 0.297 e. The molecule has 0 radical (unpaired) electrons.